The van der Waals surface area contributed by atoms with Crippen molar-refractivity contribution in [1.29, 1.82) is 0 Å². The molecule has 3 aromatic heterocycles. The van der Waals surface area contributed by atoms with Crippen LogP contribution in [-0.4, -0.2) is 26.6 Å². The number of thiophene rings is 1. The van der Waals surface area contributed by atoms with Crippen molar-refractivity contribution in [3.05, 3.63) is 75.6 Å². The normalized spacial score (nSPS) is 10.8. The summed E-state index contributed by atoms with van der Waals surface area (Å²) >= 11 is 1.45. The van der Waals surface area contributed by atoms with Gasteiger partial charge in [-0.1, -0.05) is 6.07 Å². The van der Waals surface area contributed by atoms with Gasteiger partial charge in [0.1, 0.15) is 17.1 Å². The standard InChI is InChI=1S/C22H21N5O3S/c1-13-7-8-19(31-13)21(29)25-16-6-4-5-15(11-16)22-26-17(14(2)30-22)12-23-20(28)18-9-10-24-27(18)3/h4-11H,12H2,1-3H3,(H,23,28)(H,25,29). The second-order valence-electron chi connectivity index (χ2n) is 6.99. The molecule has 9 heteroatoms. The van der Waals surface area contributed by atoms with Gasteiger partial charge in [-0.3, -0.25) is 14.3 Å². The summed E-state index contributed by atoms with van der Waals surface area (Å²) in [7, 11) is 1.71. The van der Waals surface area contributed by atoms with Crippen LogP contribution in [0.4, 0.5) is 5.69 Å². The molecule has 0 spiro atoms. The maximum Gasteiger partial charge on any atom is 0.269 e. The van der Waals surface area contributed by atoms with E-state index in [4.69, 9.17) is 4.42 Å². The van der Waals surface area contributed by atoms with E-state index in [0.29, 0.717) is 33.6 Å². The second-order valence-corrected chi connectivity index (χ2v) is 8.28. The highest BCUT2D eigenvalue weighted by Gasteiger charge is 2.15. The fourth-order valence-electron chi connectivity index (χ4n) is 3.05. The zero-order valence-corrected chi connectivity index (χ0v) is 18.1. The Hall–Kier alpha value is -3.72. The third kappa shape index (κ3) is 4.56. The first-order valence-corrected chi connectivity index (χ1v) is 10.4. The van der Waals surface area contributed by atoms with Gasteiger partial charge < -0.3 is 15.1 Å². The smallest absolute Gasteiger partial charge is 0.269 e. The fourth-order valence-corrected chi connectivity index (χ4v) is 3.81. The zero-order valence-electron chi connectivity index (χ0n) is 17.3. The van der Waals surface area contributed by atoms with Crippen LogP contribution in [0.25, 0.3) is 11.5 Å². The first-order valence-electron chi connectivity index (χ1n) is 9.61. The number of nitrogens with zero attached hydrogens (tertiary/aromatic N) is 3. The van der Waals surface area contributed by atoms with E-state index in [1.165, 1.54) is 16.0 Å². The average molecular weight is 436 g/mol. The van der Waals surface area contributed by atoms with Crippen molar-refractivity contribution in [2.75, 3.05) is 5.32 Å². The SMILES string of the molecule is Cc1ccc(C(=O)Nc2cccc(-c3nc(CNC(=O)c4ccnn4C)c(C)o3)c2)s1. The number of nitrogens with one attached hydrogen (secondary N) is 2. The van der Waals surface area contributed by atoms with Crippen LogP contribution >= 0.6 is 11.3 Å². The van der Waals surface area contributed by atoms with Crippen molar-refractivity contribution in [3.63, 3.8) is 0 Å². The van der Waals surface area contributed by atoms with Gasteiger partial charge in [-0.05, 0) is 50.2 Å². The molecular formula is C22H21N5O3S. The van der Waals surface area contributed by atoms with E-state index in [2.05, 4.69) is 20.7 Å². The number of benzene rings is 1. The molecular weight excluding hydrogens is 414 g/mol. The molecule has 0 aliphatic rings. The van der Waals surface area contributed by atoms with Gasteiger partial charge in [0.2, 0.25) is 5.89 Å². The molecule has 0 bridgehead atoms. The molecule has 2 N–H and O–H groups in total. The van der Waals surface area contributed by atoms with Gasteiger partial charge in [-0.15, -0.1) is 11.3 Å². The van der Waals surface area contributed by atoms with E-state index in [-0.39, 0.29) is 18.4 Å². The van der Waals surface area contributed by atoms with E-state index < -0.39 is 0 Å². The van der Waals surface area contributed by atoms with Crippen molar-refractivity contribution in [3.8, 4) is 11.5 Å². The Kier molecular flexibility index (Phi) is 5.68. The van der Waals surface area contributed by atoms with Gasteiger partial charge in [0, 0.05) is 29.4 Å². The Labute approximate surface area is 182 Å². The summed E-state index contributed by atoms with van der Waals surface area (Å²) in [6.45, 7) is 3.99. The van der Waals surface area contributed by atoms with Crippen LogP contribution in [0.5, 0.6) is 0 Å². The first kappa shape index (κ1) is 20.5. The Morgan fingerprint density at radius 1 is 1.13 bits per heavy atom. The minimum Gasteiger partial charge on any atom is -0.441 e. The van der Waals surface area contributed by atoms with Gasteiger partial charge >= 0.3 is 0 Å². The molecule has 0 aliphatic carbocycles. The number of rotatable bonds is 6. The van der Waals surface area contributed by atoms with Gasteiger partial charge in [-0.25, -0.2) is 4.98 Å². The van der Waals surface area contributed by atoms with Crippen LogP contribution in [0.2, 0.25) is 0 Å². The lowest BCUT2D eigenvalue weighted by molar-refractivity contribution is 0.0940. The van der Waals surface area contributed by atoms with Gasteiger partial charge in [0.25, 0.3) is 11.8 Å². The molecule has 0 unspecified atom stereocenters. The lowest BCUT2D eigenvalue weighted by Gasteiger charge is -2.05. The summed E-state index contributed by atoms with van der Waals surface area (Å²) in [5, 5.41) is 9.72. The number of hydrogen-bond donors (Lipinski definition) is 2. The molecule has 1 aromatic carbocycles. The average Bonchev–Trinajstić information content (AvgIpc) is 3.46. The van der Waals surface area contributed by atoms with Crippen LogP contribution < -0.4 is 10.6 Å². The molecule has 8 nitrogen and oxygen atoms in total. The number of aryl methyl sites for hydroxylation is 3. The van der Waals surface area contributed by atoms with Crippen molar-refractivity contribution in [2.45, 2.75) is 20.4 Å². The number of amides is 2. The molecule has 4 rings (SSSR count). The molecule has 3 heterocycles. The summed E-state index contributed by atoms with van der Waals surface area (Å²) in [4.78, 5) is 31.0. The maximum atomic E-state index is 12.4. The summed E-state index contributed by atoms with van der Waals surface area (Å²) in [6.07, 6.45) is 1.57. The molecule has 4 aromatic rings. The molecule has 158 valence electrons. The zero-order chi connectivity index (χ0) is 22.0. The topological polar surface area (TPSA) is 102 Å². The van der Waals surface area contributed by atoms with E-state index in [0.717, 1.165) is 10.4 Å². The summed E-state index contributed by atoms with van der Waals surface area (Å²) in [5.41, 5.74) is 2.47. The molecule has 0 saturated carbocycles. The van der Waals surface area contributed by atoms with Crippen molar-refractivity contribution in [2.24, 2.45) is 7.05 Å². The first-order chi connectivity index (χ1) is 14.9. The summed E-state index contributed by atoms with van der Waals surface area (Å²) < 4.78 is 7.31. The number of oxazole rings is 1. The number of carbonyl (C=O) groups excluding carboxylic acids is 2. The molecule has 0 atom stereocenters. The third-order valence-electron chi connectivity index (χ3n) is 4.69. The van der Waals surface area contributed by atoms with Gasteiger partial charge in [0.05, 0.1) is 11.4 Å². The molecule has 0 aliphatic heterocycles. The summed E-state index contributed by atoms with van der Waals surface area (Å²) in [5.74, 6) is 0.643. The predicted molar refractivity (Wildman–Crippen MR) is 118 cm³/mol. The lowest BCUT2D eigenvalue weighted by Crippen LogP contribution is -2.25. The highest BCUT2D eigenvalue weighted by atomic mass is 32.1. The van der Waals surface area contributed by atoms with Crippen molar-refractivity contribution >= 4 is 28.8 Å². The molecule has 0 saturated heterocycles. The third-order valence-corrected chi connectivity index (χ3v) is 5.69. The van der Waals surface area contributed by atoms with E-state index in [9.17, 15) is 9.59 Å². The Morgan fingerprint density at radius 2 is 1.97 bits per heavy atom. The highest BCUT2D eigenvalue weighted by Crippen LogP contribution is 2.25. The van der Waals surface area contributed by atoms with Crippen LogP contribution in [0.1, 0.15) is 36.5 Å². The number of anilines is 1. The maximum absolute atomic E-state index is 12.4. The van der Waals surface area contributed by atoms with E-state index >= 15 is 0 Å². The van der Waals surface area contributed by atoms with Crippen molar-refractivity contribution < 1.29 is 14.0 Å². The van der Waals surface area contributed by atoms with Crippen molar-refractivity contribution in [1.82, 2.24) is 20.1 Å². The van der Waals surface area contributed by atoms with Crippen LogP contribution in [0, 0.1) is 13.8 Å². The Bertz CT molecular complexity index is 1250. The van der Waals surface area contributed by atoms with Crippen LogP contribution in [0.3, 0.4) is 0 Å². The van der Waals surface area contributed by atoms with Gasteiger partial charge in [-0.2, -0.15) is 5.10 Å². The largest absolute Gasteiger partial charge is 0.441 e. The quantitative estimate of drug-likeness (QED) is 0.478. The van der Waals surface area contributed by atoms with E-state index in [1.54, 1.807) is 26.2 Å². The fraction of sp³-hybridized carbons (Fsp3) is 0.182. The van der Waals surface area contributed by atoms with E-state index in [1.807, 2.05) is 43.3 Å². The molecule has 31 heavy (non-hydrogen) atoms. The second kappa shape index (κ2) is 8.57. The molecule has 0 radical (unpaired) electrons. The minimum atomic E-state index is -0.238. The number of carbonyl (C=O) groups is 2. The Morgan fingerprint density at radius 3 is 2.68 bits per heavy atom. The molecule has 0 fully saturated rings. The Balaban J connectivity index is 1.46. The predicted octanol–water partition coefficient (Wildman–Crippen LogP) is 3.94. The van der Waals surface area contributed by atoms with Gasteiger partial charge in [0.15, 0.2) is 0 Å². The monoisotopic (exact) mass is 435 g/mol. The lowest BCUT2D eigenvalue weighted by atomic mass is 10.2. The number of aromatic nitrogens is 3. The minimum absolute atomic E-state index is 0.155. The summed E-state index contributed by atoms with van der Waals surface area (Å²) in [6, 6.07) is 12.7. The highest BCUT2D eigenvalue weighted by molar-refractivity contribution is 7.14. The molecule has 2 amide bonds. The number of hydrogen-bond acceptors (Lipinski definition) is 6. The van der Waals surface area contributed by atoms with Crippen LogP contribution in [-0.2, 0) is 13.6 Å². The van der Waals surface area contributed by atoms with Crippen LogP contribution in [0.15, 0.2) is 53.1 Å².